The van der Waals surface area contributed by atoms with Crippen LogP contribution in [0.3, 0.4) is 0 Å². The van der Waals surface area contributed by atoms with Crippen molar-refractivity contribution < 1.29 is 46.8 Å². The lowest BCUT2D eigenvalue weighted by atomic mass is 9.66. The van der Waals surface area contributed by atoms with Gasteiger partial charge < -0.3 is 27.8 Å². The summed E-state index contributed by atoms with van der Waals surface area (Å²) in [7, 11) is -5.41. The van der Waals surface area contributed by atoms with Crippen LogP contribution in [0, 0.1) is 29.6 Å². The molecule has 0 aliphatic heterocycles. The molecule has 9 N–H and O–H groups in total. The van der Waals surface area contributed by atoms with Gasteiger partial charge in [-0.25, -0.2) is 17.7 Å². The number of halogens is 1. The molecule has 1 aromatic heterocycles. The molecule has 0 spiro atoms. The Labute approximate surface area is 384 Å². The predicted octanol–water partition coefficient (Wildman–Crippen LogP) is 1.99. The van der Waals surface area contributed by atoms with Gasteiger partial charge in [-0.15, -0.1) is 0 Å². The molecule has 0 radical (unpaired) electrons. The van der Waals surface area contributed by atoms with Gasteiger partial charge in [0.25, 0.3) is 21.8 Å². The predicted molar refractivity (Wildman–Crippen MR) is 239 cm³/mol. The molecule has 19 nitrogen and oxygen atoms in total. The Kier molecular flexibility index (Phi) is 18.6. The summed E-state index contributed by atoms with van der Waals surface area (Å²) in [6, 6.07) is -0.561. The van der Waals surface area contributed by atoms with Gasteiger partial charge in [-0.1, -0.05) is 65.0 Å². The van der Waals surface area contributed by atoms with Crippen molar-refractivity contribution in [1.82, 2.24) is 30.2 Å². The van der Waals surface area contributed by atoms with Crippen LogP contribution in [0.1, 0.15) is 120 Å². The number of imide groups is 1. The zero-order valence-electron chi connectivity index (χ0n) is 37.5. The first-order chi connectivity index (χ1) is 30.5. The van der Waals surface area contributed by atoms with Crippen LogP contribution in [0.25, 0.3) is 0 Å². The number of benzene rings is 1. The van der Waals surface area contributed by atoms with Crippen molar-refractivity contribution in [2.45, 2.75) is 127 Å². The summed E-state index contributed by atoms with van der Waals surface area (Å²) in [5, 5.41) is 6.73. The highest BCUT2D eigenvalue weighted by atomic mass is 35.5. The third-order valence-electron chi connectivity index (χ3n) is 12.1. The number of nitrogens with one attached hydrogen (secondary N) is 3. The van der Waals surface area contributed by atoms with Gasteiger partial charge in [0.05, 0.1) is 34.8 Å². The SMILES string of the molecule is CC[C@H](C)[C@H](N)C(=O)C(C[C@@](N)(C(=O)C(=O)N(CC(=O)NC(=O)[C@H](CC(C)C)NC(=O)c1cnccn1)S(=O)(=O)c1cc(C(=O)NCC2CC2)ccc1Cl)C1CCCCC1)C(=O)[C@H](C)N. The van der Waals surface area contributed by atoms with Crippen LogP contribution in [-0.2, 0) is 38.8 Å². The van der Waals surface area contributed by atoms with Crippen molar-refractivity contribution in [1.29, 1.82) is 0 Å². The normalized spacial score (nSPS) is 17.6. The van der Waals surface area contributed by atoms with E-state index < -0.39 is 121 Å². The standard InChI is InChI=1S/C44H62ClN9O10S/c1-6-25(4)36(47)38(57)30(37(56)26(5)46)20-44(48,29-10-8-7-9-11-29)39(58)43(62)54(65(63,64)34-19-28(14-15-31(34)45)40(59)51-21-27-12-13-27)23-35(55)53-41(60)32(18-24(2)3)52-42(61)33-22-49-16-17-50-33/h14-17,19,22,24-27,29-30,32,36H,6-13,18,20-21,23,46-48H2,1-5H3,(H,51,59)(H,52,61)(H,53,55,60)/t25-,26-,30?,32-,36-,44-/m0/s1. The summed E-state index contributed by atoms with van der Waals surface area (Å²) in [6.45, 7) is 7.14. The summed E-state index contributed by atoms with van der Waals surface area (Å²) < 4.78 is 29.5. The first-order valence-corrected chi connectivity index (χ1v) is 23.8. The lowest BCUT2D eigenvalue weighted by Gasteiger charge is -2.41. The van der Waals surface area contributed by atoms with E-state index in [1.165, 1.54) is 25.4 Å². The van der Waals surface area contributed by atoms with Crippen molar-refractivity contribution >= 4 is 68.5 Å². The van der Waals surface area contributed by atoms with E-state index in [0.29, 0.717) is 25.8 Å². The Bertz CT molecular complexity index is 2220. The van der Waals surface area contributed by atoms with Crippen molar-refractivity contribution in [3.63, 3.8) is 0 Å². The molecule has 4 rings (SSSR count). The minimum absolute atomic E-state index is 0.00640. The number of nitrogens with two attached hydrogens (primary N) is 3. The fourth-order valence-electron chi connectivity index (χ4n) is 7.77. The van der Waals surface area contributed by atoms with E-state index in [0.717, 1.165) is 37.6 Å². The molecule has 1 heterocycles. The molecule has 65 heavy (non-hydrogen) atoms. The molecule has 6 atom stereocenters. The fourth-order valence-corrected chi connectivity index (χ4v) is 9.60. The van der Waals surface area contributed by atoms with Crippen molar-refractivity contribution in [3.05, 3.63) is 53.1 Å². The van der Waals surface area contributed by atoms with Gasteiger partial charge in [0, 0.05) is 24.5 Å². The van der Waals surface area contributed by atoms with Crippen LogP contribution >= 0.6 is 11.6 Å². The van der Waals surface area contributed by atoms with Gasteiger partial charge in [-0.05, 0) is 87.3 Å². The quantitative estimate of drug-likeness (QED) is 0.0686. The number of rotatable bonds is 23. The Morgan fingerprint density at radius 2 is 1.58 bits per heavy atom. The first kappa shape index (κ1) is 52.6. The smallest absolute Gasteiger partial charge is 0.306 e. The maximum absolute atomic E-state index is 15.0. The largest absolute Gasteiger partial charge is 0.352 e. The number of hydrogen-bond acceptors (Lipinski definition) is 15. The van der Waals surface area contributed by atoms with Crippen LogP contribution in [0.15, 0.2) is 41.7 Å². The van der Waals surface area contributed by atoms with E-state index >= 15 is 0 Å². The molecule has 0 saturated heterocycles. The average molecular weight is 945 g/mol. The van der Waals surface area contributed by atoms with E-state index in [-0.39, 0.29) is 46.7 Å². The van der Waals surface area contributed by atoms with Crippen LogP contribution < -0.4 is 33.2 Å². The number of Topliss-reactive ketones (excluding diaryl/α,β-unsaturated/α-hetero) is 3. The third-order valence-corrected chi connectivity index (χ3v) is 14.3. The Morgan fingerprint density at radius 3 is 2.15 bits per heavy atom. The second-order valence-electron chi connectivity index (χ2n) is 17.7. The third kappa shape index (κ3) is 13.5. The maximum Gasteiger partial charge on any atom is 0.306 e. The number of aromatic nitrogens is 2. The lowest BCUT2D eigenvalue weighted by Crippen LogP contribution is -2.63. The van der Waals surface area contributed by atoms with Gasteiger partial charge >= 0.3 is 5.91 Å². The van der Waals surface area contributed by atoms with Crippen LogP contribution in [0.2, 0.25) is 5.02 Å². The molecule has 2 aromatic rings. The van der Waals surface area contributed by atoms with Gasteiger partial charge in [-0.2, -0.15) is 0 Å². The lowest BCUT2D eigenvalue weighted by molar-refractivity contribution is -0.148. The summed E-state index contributed by atoms with van der Waals surface area (Å²) in [5.41, 5.74) is 16.6. The number of carbonyl (C=O) groups is 8. The van der Waals surface area contributed by atoms with Crippen LogP contribution in [0.5, 0.6) is 0 Å². The summed E-state index contributed by atoms with van der Waals surface area (Å²) in [6.07, 6.45) is 7.58. The number of carbonyl (C=O) groups excluding carboxylic acids is 8. The highest BCUT2D eigenvalue weighted by molar-refractivity contribution is 7.90. The highest BCUT2D eigenvalue weighted by Gasteiger charge is 2.52. The van der Waals surface area contributed by atoms with Gasteiger partial charge in [0.1, 0.15) is 23.2 Å². The highest BCUT2D eigenvalue weighted by Crippen LogP contribution is 2.38. The minimum atomic E-state index is -5.41. The number of hydrogen-bond donors (Lipinski definition) is 6. The van der Waals surface area contributed by atoms with Crippen molar-refractivity contribution in [2.24, 2.45) is 46.8 Å². The van der Waals surface area contributed by atoms with E-state index in [2.05, 4.69) is 20.6 Å². The zero-order valence-corrected chi connectivity index (χ0v) is 39.1. The Morgan fingerprint density at radius 1 is 0.923 bits per heavy atom. The van der Waals surface area contributed by atoms with E-state index in [1.807, 2.05) is 5.32 Å². The molecule has 2 saturated carbocycles. The first-order valence-electron chi connectivity index (χ1n) is 22.0. The zero-order chi connectivity index (χ0) is 48.4. The van der Waals surface area contributed by atoms with E-state index in [4.69, 9.17) is 28.8 Å². The molecular weight excluding hydrogens is 882 g/mol. The molecular formula is C44H62ClN9O10S. The van der Waals surface area contributed by atoms with Gasteiger partial charge in [0.2, 0.25) is 17.6 Å². The molecule has 1 unspecified atom stereocenters. The second-order valence-corrected chi connectivity index (χ2v) is 20.0. The molecule has 1 aromatic carbocycles. The molecule has 21 heteroatoms. The number of nitrogens with zero attached hydrogens (tertiary/aromatic N) is 3. The fraction of sp³-hybridized carbons (Fsp3) is 0.591. The number of ketones is 3. The molecule has 0 bridgehead atoms. The maximum atomic E-state index is 15.0. The molecule has 2 aliphatic carbocycles. The molecule has 356 valence electrons. The van der Waals surface area contributed by atoms with E-state index in [1.54, 1.807) is 27.7 Å². The topological polar surface area (TPSA) is 314 Å². The van der Waals surface area contributed by atoms with Crippen LogP contribution in [-0.4, -0.2) is 106 Å². The molecule has 2 fully saturated rings. The summed E-state index contributed by atoms with van der Waals surface area (Å²) in [5.74, 6) is -11.8. The van der Waals surface area contributed by atoms with Gasteiger partial charge in [0.15, 0.2) is 11.6 Å². The van der Waals surface area contributed by atoms with Crippen molar-refractivity contribution in [3.8, 4) is 0 Å². The average Bonchev–Trinajstić information content (AvgIpc) is 4.12. The van der Waals surface area contributed by atoms with Gasteiger partial charge in [-0.3, -0.25) is 48.7 Å². The molecule has 5 amide bonds. The van der Waals surface area contributed by atoms with Crippen molar-refractivity contribution in [2.75, 3.05) is 13.1 Å². The number of amides is 5. The Balaban J connectivity index is 1.81. The monoisotopic (exact) mass is 943 g/mol. The summed E-state index contributed by atoms with van der Waals surface area (Å²) in [4.78, 5) is 118. The molecule has 2 aliphatic rings. The van der Waals surface area contributed by atoms with E-state index in [9.17, 15) is 46.8 Å². The second kappa shape index (κ2) is 22.9. The Hall–Kier alpha value is -5.02. The summed E-state index contributed by atoms with van der Waals surface area (Å²) >= 11 is 6.45. The number of sulfonamides is 1. The van der Waals surface area contributed by atoms with Crippen LogP contribution in [0.4, 0.5) is 0 Å². The minimum Gasteiger partial charge on any atom is -0.352 e.